The molecular formula is C35H56O. The SMILES string of the molecule is CCCCC[C@H]1CC[C@H](C=CCCc2ccc(OCC=C[C@H]3CC[C@H](CCCCC)CC3)cc2)CC1. The summed E-state index contributed by atoms with van der Waals surface area (Å²) in [5.74, 6) is 4.60. The first-order valence-corrected chi connectivity index (χ1v) is 15.8. The molecule has 2 saturated carbocycles. The molecular weight excluding hydrogens is 436 g/mol. The van der Waals surface area contributed by atoms with E-state index in [0.717, 1.165) is 42.3 Å². The van der Waals surface area contributed by atoms with Crippen LogP contribution in [0.5, 0.6) is 5.75 Å². The minimum absolute atomic E-state index is 0.694. The Morgan fingerprint density at radius 2 is 1.19 bits per heavy atom. The van der Waals surface area contributed by atoms with E-state index in [1.807, 2.05) is 0 Å². The second-order valence-corrected chi connectivity index (χ2v) is 11.9. The van der Waals surface area contributed by atoms with Gasteiger partial charge in [-0.05, 0) is 106 Å². The molecule has 0 unspecified atom stereocenters. The van der Waals surface area contributed by atoms with Gasteiger partial charge in [-0.15, -0.1) is 0 Å². The largest absolute Gasteiger partial charge is 0.490 e. The molecule has 0 atom stereocenters. The first-order valence-electron chi connectivity index (χ1n) is 15.8. The standard InChI is InChI=1S/C35H56O/c1-3-5-7-12-30-17-19-32(20-18-30)14-9-10-15-33-25-27-35(28-26-33)36-29-11-16-34-23-21-31(22-24-34)13-8-6-4-2/h9,11,14,16,25-28,30-32,34H,3-8,10,12-13,15,17-24,29H2,1-2H3/t30-,31-,32-,34-. The molecule has 0 spiro atoms. The van der Waals surface area contributed by atoms with Crippen LogP contribution < -0.4 is 4.74 Å². The number of aryl methyl sites for hydroxylation is 1. The van der Waals surface area contributed by atoms with E-state index in [0.29, 0.717) is 6.61 Å². The lowest BCUT2D eigenvalue weighted by atomic mass is 9.79. The average Bonchev–Trinajstić information content (AvgIpc) is 2.92. The molecule has 1 heteroatoms. The lowest BCUT2D eigenvalue weighted by molar-refractivity contribution is 0.288. The summed E-state index contributed by atoms with van der Waals surface area (Å²) in [7, 11) is 0. The summed E-state index contributed by atoms with van der Waals surface area (Å²) in [6, 6.07) is 8.78. The Morgan fingerprint density at radius 1 is 0.667 bits per heavy atom. The Kier molecular flexibility index (Phi) is 14.4. The molecule has 0 N–H and O–H groups in total. The number of hydrogen-bond acceptors (Lipinski definition) is 1. The number of ether oxygens (including phenoxy) is 1. The van der Waals surface area contributed by atoms with Gasteiger partial charge in [-0.2, -0.15) is 0 Å². The quantitative estimate of drug-likeness (QED) is 0.165. The van der Waals surface area contributed by atoms with Crippen LogP contribution in [-0.2, 0) is 6.42 Å². The number of benzene rings is 1. The van der Waals surface area contributed by atoms with E-state index in [9.17, 15) is 0 Å². The van der Waals surface area contributed by atoms with Crippen molar-refractivity contribution in [2.24, 2.45) is 23.7 Å². The molecule has 2 aliphatic rings. The predicted molar refractivity (Wildman–Crippen MR) is 158 cm³/mol. The molecule has 0 saturated heterocycles. The van der Waals surface area contributed by atoms with Crippen molar-refractivity contribution in [3.05, 3.63) is 54.1 Å². The van der Waals surface area contributed by atoms with Gasteiger partial charge in [-0.25, -0.2) is 0 Å². The Labute approximate surface area is 224 Å². The molecule has 3 rings (SSSR count). The van der Waals surface area contributed by atoms with E-state index in [-0.39, 0.29) is 0 Å². The van der Waals surface area contributed by atoms with E-state index in [1.165, 1.54) is 108 Å². The zero-order chi connectivity index (χ0) is 25.3. The summed E-state index contributed by atoms with van der Waals surface area (Å²) >= 11 is 0. The number of unbranched alkanes of at least 4 members (excludes halogenated alkanes) is 4. The van der Waals surface area contributed by atoms with Gasteiger partial charge in [0, 0.05) is 0 Å². The molecule has 36 heavy (non-hydrogen) atoms. The summed E-state index contributed by atoms with van der Waals surface area (Å²) in [5.41, 5.74) is 1.41. The summed E-state index contributed by atoms with van der Waals surface area (Å²) in [4.78, 5) is 0. The van der Waals surface area contributed by atoms with Crippen molar-refractivity contribution >= 4 is 0 Å². The Bertz CT molecular complexity index is 651. The lowest BCUT2D eigenvalue weighted by Crippen LogP contribution is -2.13. The Hall–Kier alpha value is -1.50. The third kappa shape index (κ3) is 11.7. The highest BCUT2D eigenvalue weighted by Gasteiger charge is 2.19. The highest BCUT2D eigenvalue weighted by molar-refractivity contribution is 5.27. The molecule has 1 nitrogen and oxygen atoms in total. The maximum absolute atomic E-state index is 5.98. The van der Waals surface area contributed by atoms with E-state index in [4.69, 9.17) is 4.74 Å². The van der Waals surface area contributed by atoms with E-state index < -0.39 is 0 Å². The van der Waals surface area contributed by atoms with E-state index in [2.05, 4.69) is 62.4 Å². The molecule has 2 aliphatic carbocycles. The van der Waals surface area contributed by atoms with Crippen molar-refractivity contribution in [1.82, 2.24) is 0 Å². The van der Waals surface area contributed by atoms with Gasteiger partial charge < -0.3 is 4.74 Å². The predicted octanol–water partition coefficient (Wildman–Crippen LogP) is 10.9. The fourth-order valence-corrected chi connectivity index (χ4v) is 6.39. The summed E-state index contributed by atoms with van der Waals surface area (Å²) in [6.07, 6.45) is 34.6. The monoisotopic (exact) mass is 492 g/mol. The van der Waals surface area contributed by atoms with Crippen LogP contribution in [0.15, 0.2) is 48.6 Å². The molecule has 1 aromatic rings. The number of hydrogen-bond donors (Lipinski definition) is 0. The molecule has 202 valence electrons. The molecule has 0 amide bonds. The average molecular weight is 493 g/mol. The molecule has 0 heterocycles. The highest BCUT2D eigenvalue weighted by Crippen LogP contribution is 2.33. The van der Waals surface area contributed by atoms with Crippen molar-refractivity contribution in [1.29, 1.82) is 0 Å². The van der Waals surface area contributed by atoms with Gasteiger partial charge in [-0.3, -0.25) is 0 Å². The van der Waals surface area contributed by atoms with Crippen molar-refractivity contribution in [3.63, 3.8) is 0 Å². The number of allylic oxidation sites excluding steroid dienone is 3. The summed E-state index contributed by atoms with van der Waals surface area (Å²) < 4.78 is 5.98. The maximum Gasteiger partial charge on any atom is 0.119 e. The van der Waals surface area contributed by atoms with E-state index in [1.54, 1.807) is 0 Å². The smallest absolute Gasteiger partial charge is 0.119 e. The Balaban J connectivity index is 1.23. The van der Waals surface area contributed by atoms with Gasteiger partial charge in [0.1, 0.15) is 12.4 Å². The van der Waals surface area contributed by atoms with Gasteiger partial charge >= 0.3 is 0 Å². The van der Waals surface area contributed by atoms with Crippen LogP contribution in [0.25, 0.3) is 0 Å². The lowest BCUT2D eigenvalue weighted by Gasteiger charge is -2.26. The van der Waals surface area contributed by atoms with Crippen molar-refractivity contribution < 1.29 is 4.74 Å². The molecule has 0 aromatic heterocycles. The highest BCUT2D eigenvalue weighted by atomic mass is 16.5. The molecule has 2 fully saturated rings. The third-order valence-corrected chi connectivity index (χ3v) is 8.90. The van der Waals surface area contributed by atoms with Crippen molar-refractivity contribution in [2.75, 3.05) is 6.61 Å². The van der Waals surface area contributed by atoms with Crippen molar-refractivity contribution in [2.45, 2.75) is 129 Å². The zero-order valence-electron chi connectivity index (χ0n) is 23.8. The Morgan fingerprint density at radius 3 is 1.72 bits per heavy atom. The molecule has 0 aliphatic heterocycles. The minimum Gasteiger partial charge on any atom is -0.490 e. The molecule has 0 radical (unpaired) electrons. The van der Waals surface area contributed by atoms with Gasteiger partial charge in [0.25, 0.3) is 0 Å². The zero-order valence-corrected chi connectivity index (χ0v) is 23.8. The fourth-order valence-electron chi connectivity index (χ4n) is 6.39. The van der Waals surface area contributed by atoms with Crippen LogP contribution in [0, 0.1) is 23.7 Å². The van der Waals surface area contributed by atoms with Gasteiger partial charge in [0.15, 0.2) is 0 Å². The van der Waals surface area contributed by atoms with Crippen LogP contribution >= 0.6 is 0 Å². The second kappa shape index (κ2) is 17.9. The summed E-state index contributed by atoms with van der Waals surface area (Å²) in [6.45, 7) is 5.31. The molecule has 0 bridgehead atoms. The first kappa shape index (κ1) is 29.1. The third-order valence-electron chi connectivity index (χ3n) is 8.90. The van der Waals surface area contributed by atoms with Gasteiger partial charge in [-0.1, -0.05) is 102 Å². The second-order valence-electron chi connectivity index (χ2n) is 11.9. The summed E-state index contributed by atoms with van der Waals surface area (Å²) in [5, 5.41) is 0. The van der Waals surface area contributed by atoms with Crippen LogP contribution in [0.3, 0.4) is 0 Å². The fraction of sp³-hybridized carbons (Fsp3) is 0.714. The minimum atomic E-state index is 0.694. The van der Waals surface area contributed by atoms with E-state index >= 15 is 0 Å². The van der Waals surface area contributed by atoms with Crippen LogP contribution in [0.2, 0.25) is 0 Å². The molecule has 1 aromatic carbocycles. The van der Waals surface area contributed by atoms with Crippen LogP contribution in [-0.4, -0.2) is 6.61 Å². The first-order chi connectivity index (χ1) is 17.8. The number of rotatable bonds is 16. The topological polar surface area (TPSA) is 9.23 Å². The van der Waals surface area contributed by atoms with Gasteiger partial charge in [0.2, 0.25) is 0 Å². The van der Waals surface area contributed by atoms with Gasteiger partial charge in [0.05, 0.1) is 0 Å². The van der Waals surface area contributed by atoms with Crippen molar-refractivity contribution in [3.8, 4) is 5.75 Å². The van der Waals surface area contributed by atoms with Crippen LogP contribution in [0.4, 0.5) is 0 Å². The normalized spacial score (nSPS) is 25.1. The van der Waals surface area contributed by atoms with Crippen LogP contribution in [0.1, 0.15) is 129 Å². The maximum atomic E-state index is 5.98.